The van der Waals surface area contributed by atoms with Crippen molar-refractivity contribution in [2.75, 3.05) is 7.11 Å². The first-order chi connectivity index (χ1) is 11.2. The van der Waals surface area contributed by atoms with E-state index in [1.807, 2.05) is 0 Å². The lowest BCUT2D eigenvalue weighted by molar-refractivity contribution is -0.135. The van der Waals surface area contributed by atoms with Crippen LogP contribution < -0.4 is 9.47 Å². The molecule has 1 aromatic carbocycles. The van der Waals surface area contributed by atoms with E-state index in [-0.39, 0.29) is 18.2 Å². The van der Waals surface area contributed by atoms with Gasteiger partial charge in [0.25, 0.3) is 0 Å². The van der Waals surface area contributed by atoms with E-state index in [2.05, 4.69) is 6.92 Å². The first-order valence-corrected chi connectivity index (χ1v) is 8.75. The van der Waals surface area contributed by atoms with Crippen molar-refractivity contribution in [2.45, 2.75) is 70.5 Å². The third-order valence-electron chi connectivity index (χ3n) is 4.18. The summed E-state index contributed by atoms with van der Waals surface area (Å²) in [5.41, 5.74) is 0. The van der Waals surface area contributed by atoms with E-state index >= 15 is 0 Å². The van der Waals surface area contributed by atoms with Crippen LogP contribution >= 0.6 is 0 Å². The second-order valence-electron chi connectivity index (χ2n) is 6.10. The monoisotopic (exact) mass is 320 g/mol. The molecule has 0 unspecified atom stereocenters. The third kappa shape index (κ3) is 6.22. The van der Waals surface area contributed by atoms with Gasteiger partial charge < -0.3 is 14.2 Å². The number of rotatable bonds is 11. The molecule has 0 radical (unpaired) electrons. The number of epoxide rings is 1. The SMILES string of the molecule is CCCCCCCCC[C@H]1O[C@@H]1C(=O)Oc1ccc(OC)cc1. The fourth-order valence-corrected chi connectivity index (χ4v) is 2.69. The number of benzene rings is 1. The quantitative estimate of drug-likeness (QED) is 0.260. The van der Waals surface area contributed by atoms with Crippen LogP contribution in [-0.2, 0) is 9.53 Å². The number of hydrogen-bond donors (Lipinski definition) is 0. The molecule has 4 nitrogen and oxygen atoms in total. The van der Waals surface area contributed by atoms with Gasteiger partial charge in [-0.2, -0.15) is 0 Å². The highest BCUT2D eigenvalue weighted by Crippen LogP contribution is 2.29. The van der Waals surface area contributed by atoms with Gasteiger partial charge in [-0.3, -0.25) is 0 Å². The number of ether oxygens (including phenoxy) is 3. The van der Waals surface area contributed by atoms with Crippen LogP contribution in [-0.4, -0.2) is 25.3 Å². The van der Waals surface area contributed by atoms with Crippen LogP contribution in [0, 0.1) is 0 Å². The van der Waals surface area contributed by atoms with Crippen LogP contribution in [0.25, 0.3) is 0 Å². The zero-order valence-corrected chi connectivity index (χ0v) is 14.3. The van der Waals surface area contributed by atoms with Gasteiger partial charge in [0, 0.05) is 0 Å². The Morgan fingerprint density at radius 3 is 2.26 bits per heavy atom. The van der Waals surface area contributed by atoms with Gasteiger partial charge in [-0.1, -0.05) is 51.9 Å². The van der Waals surface area contributed by atoms with Crippen molar-refractivity contribution in [3.8, 4) is 11.5 Å². The van der Waals surface area contributed by atoms with Crippen molar-refractivity contribution in [3.63, 3.8) is 0 Å². The van der Waals surface area contributed by atoms with Crippen molar-refractivity contribution in [3.05, 3.63) is 24.3 Å². The Morgan fingerprint density at radius 1 is 1.00 bits per heavy atom. The molecule has 0 amide bonds. The standard InChI is InChI=1S/C19H28O4/c1-3-4-5-6-7-8-9-10-17-18(23-17)19(20)22-16-13-11-15(21-2)12-14-16/h11-14,17-18H,3-10H2,1-2H3/t17-,18+/m1/s1. The molecule has 1 heterocycles. The summed E-state index contributed by atoms with van der Waals surface area (Å²) in [6.07, 6.45) is 9.55. The highest BCUT2D eigenvalue weighted by atomic mass is 16.6. The number of hydrogen-bond acceptors (Lipinski definition) is 4. The maximum absolute atomic E-state index is 12.0. The molecule has 4 heteroatoms. The number of esters is 1. The van der Waals surface area contributed by atoms with Gasteiger partial charge in [-0.05, 0) is 30.7 Å². The minimum absolute atomic E-state index is 0.0522. The molecule has 2 atom stereocenters. The fourth-order valence-electron chi connectivity index (χ4n) is 2.69. The molecule has 1 saturated heterocycles. The first-order valence-electron chi connectivity index (χ1n) is 8.75. The molecule has 128 valence electrons. The smallest absolute Gasteiger partial charge is 0.343 e. The van der Waals surface area contributed by atoms with Crippen molar-refractivity contribution in [1.29, 1.82) is 0 Å². The van der Waals surface area contributed by atoms with Crippen molar-refractivity contribution in [1.82, 2.24) is 0 Å². The van der Waals surface area contributed by atoms with E-state index in [0.717, 1.165) is 18.6 Å². The Bertz CT molecular complexity index is 469. The van der Waals surface area contributed by atoms with Gasteiger partial charge in [-0.25, -0.2) is 4.79 Å². The molecular weight excluding hydrogens is 292 g/mol. The summed E-state index contributed by atoms with van der Waals surface area (Å²) in [5, 5.41) is 0. The maximum atomic E-state index is 12.0. The minimum atomic E-state index is -0.378. The van der Waals surface area contributed by atoms with Crippen LogP contribution in [0.15, 0.2) is 24.3 Å². The van der Waals surface area contributed by atoms with Gasteiger partial charge in [0.2, 0.25) is 0 Å². The molecule has 0 N–H and O–H groups in total. The lowest BCUT2D eigenvalue weighted by atomic mass is 10.1. The summed E-state index contributed by atoms with van der Waals surface area (Å²) in [6, 6.07) is 6.99. The van der Waals surface area contributed by atoms with E-state index in [4.69, 9.17) is 14.2 Å². The topological polar surface area (TPSA) is 48.1 Å². The predicted molar refractivity (Wildman–Crippen MR) is 89.9 cm³/mol. The number of carbonyl (C=O) groups is 1. The average Bonchev–Trinajstić information content (AvgIpc) is 3.34. The molecule has 1 aliphatic rings. The van der Waals surface area contributed by atoms with Crippen molar-refractivity contribution >= 4 is 5.97 Å². The lowest BCUT2D eigenvalue weighted by Crippen LogP contribution is -2.17. The molecule has 1 aliphatic heterocycles. The molecule has 0 aromatic heterocycles. The molecule has 2 rings (SSSR count). The van der Waals surface area contributed by atoms with Gasteiger partial charge in [-0.15, -0.1) is 0 Å². The average molecular weight is 320 g/mol. The van der Waals surface area contributed by atoms with Gasteiger partial charge in [0.15, 0.2) is 6.10 Å². The van der Waals surface area contributed by atoms with E-state index in [0.29, 0.717) is 5.75 Å². The zero-order chi connectivity index (χ0) is 16.5. The fraction of sp³-hybridized carbons (Fsp3) is 0.632. The highest BCUT2D eigenvalue weighted by molar-refractivity contribution is 5.80. The largest absolute Gasteiger partial charge is 0.497 e. The number of unbranched alkanes of at least 4 members (excludes halogenated alkanes) is 6. The normalized spacial score (nSPS) is 19.4. The third-order valence-corrected chi connectivity index (χ3v) is 4.18. The number of methoxy groups -OCH3 is 1. The Labute approximate surface area is 139 Å². The molecule has 23 heavy (non-hydrogen) atoms. The van der Waals surface area contributed by atoms with Crippen LogP contribution in [0.4, 0.5) is 0 Å². The van der Waals surface area contributed by atoms with E-state index < -0.39 is 0 Å². The van der Waals surface area contributed by atoms with Crippen molar-refractivity contribution in [2.24, 2.45) is 0 Å². The molecule has 0 bridgehead atoms. The summed E-state index contributed by atoms with van der Waals surface area (Å²) >= 11 is 0. The molecule has 0 saturated carbocycles. The van der Waals surface area contributed by atoms with E-state index in [9.17, 15) is 4.79 Å². The summed E-state index contributed by atoms with van der Waals surface area (Å²) in [5.74, 6) is 0.980. The van der Waals surface area contributed by atoms with Crippen LogP contribution in [0.5, 0.6) is 11.5 Å². The second kappa shape index (κ2) is 9.56. The minimum Gasteiger partial charge on any atom is -0.497 e. The highest BCUT2D eigenvalue weighted by Gasteiger charge is 2.45. The zero-order valence-electron chi connectivity index (χ0n) is 14.3. The molecule has 0 spiro atoms. The van der Waals surface area contributed by atoms with Gasteiger partial charge >= 0.3 is 5.97 Å². The Morgan fingerprint density at radius 2 is 1.61 bits per heavy atom. The molecule has 0 aliphatic carbocycles. The number of carbonyl (C=O) groups excluding carboxylic acids is 1. The summed E-state index contributed by atoms with van der Waals surface area (Å²) < 4.78 is 15.8. The van der Waals surface area contributed by atoms with E-state index in [1.54, 1.807) is 31.4 Å². The Kier molecular flexibility index (Phi) is 7.40. The molecule has 1 fully saturated rings. The van der Waals surface area contributed by atoms with E-state index in [1.165, 1.54) is 38.5 Å². The molecule has 1 aromatic rings. The Balaban J connectivity index is 1.57. The first kappa shape index (κ1) is 17.8. The molecular formula is C19H28O4. The lowest BCUT2D eigenvalue weighted by Gasteiger charge is -2.04. The van der Waals surface area contributed by atoms with Gasteiger partial charge in [0.1, 0.15) is 11.5 Å². The van der Waals surface area contributed by atoms with Crippen LogP contribution in [0.1, 0.15) is 58.3 Å². The summed E-state index contributed by atoms with van der Waals surface area (Å²) in [6.45, 7) is 2.23. The second-order valence-corrected chi connectivity index (χ2v) is 6.10. The Hall–Kier alpha value is -1.55. The van der Waals surface area contributed by atoms with Crippen LogP contribution in [0.3, 0.4) is 0 Å². The predicted octanol–water partition coefficient (Wildman–Crippen LogP) is 4.51. The maximum Gasteiger partial charge on any atom is 0.343 e. The van der Waals surface area contributed by atoms with Crippen LogP contribution in [0.2, 0.25) is 0 Å². The van der Waals surface area contributed by atoms with Gasteiger partial charge in [0.05, 0.1) is 13.2 Å². The van der Waals surface area contributed by atoms with Crippen molar-refractivity contribution < 1.29 is 19.0 Å². The summed E-state index contributed by atoms with van der Waals surface area (Å²) in [4.78, 5) is 12.0. The summed E-state index contributed by atoms with van der Waals surface area (Å²) in [7, 11) is 1.60.